The normalized spacial score (nSPS) is 19.1. The minimum atomic E-state index is -1.80. The van der Waals surface area contributed by atoms with Gasteiger partial charge in [0.25, 0.3) is 0 Å². The van der Waals surface area contributed by atoms with E-state index in [0.29, 0.717) is 11.6 Å². The second-order valence-electron chi connectivity index (χ2n) is 5.82. The second-order valence-corrected chi connectivity index (χ2v) is 5.82. The monoisotopic (exact) mass is 387 g/mol. The van der Waals surface area contributed by atoms with Crippen molar-refractivity contribution in [3.05, 3.63) is 65.9 Å². The van der Waals surface area contributed by atoms with Crippen LogP contribution in [0.15, 0.2) is 65.1 Å². The van der Waals surface area contributed by atoms with Gasteiger partial charge in [-0.1, -0.05) is 6.07 Å². The molecule has 9 heteroatoms. The summed E-state index contributed by atoms with van der Waals surface area (Å²) in [6.07, 6.45) is 2.51. The molecular weight excluding hydrogens is 368 g/mol. The Bertz CT molecular complexity index is 904. The fraction of sp³-hybridized carbons (Fsp3) is 0.263. The van der Waals surface area contributed by atoms with Gasteiger partial charge in [0.15, 0.2) is 23.6 Å². The van der Waals surface area contributed by atoms with Crippen LogP contribution in [0.4, 0.5) is 20.4 Å². The SMILES string of the molecule is C=Nc1cccc(N(Cc2ncccn2)C2C(F)=C(OC)C=C(OC)C2F)n1. The van der Waals surface area contributed by atoms with E-state index in [4.69, 9.17) is 9.47 Å². The molecule has 0 saturated carbocycles. The highest BCUT2D eigenvalue weighted by Crippen LogP contribution is 2.35. The maximum Gasteiger partial charge on any atom is 0.184 e. The van der Waals surface area contributed by atoms with Crippen molar-refractivity contribution in [3.8, 4) is 0 Å². The molecule has 0 aromatic carbocycles. The Kier molecular flexibility index (Phi) is 5.93. The third-order valence-corrected chi connectivity index (χ3v) is 4.22. The van der Waals surface area contributed by atoms with E-state index < -0.39 is 18.0 Å². The number of hydrogen-bond donors (Lipinski definition) is 0. The number of allylic oxidation sites excluding steroid dienone is 1. The first-order valence-electron chi connectivity index (χ1n) is 8.38. The van der Waals surface area contributed by atoms with Gasteiger partial charge in [-0.15, -0.1) is 0 Å². The quantitative estimate of drug-likeness (QED) is 0.679. The minimum Gasteiger partial charge on any atom is -0.498 e. The van der Waals surface area contributed by atoms with E-state index >= 15 is 8.78 Å². The molecule has 28 heavy (non-hydrogen) atoms. The van der Waals surface area contributed by atoms with Crippen molar-refractivity contribution in [1.82, 2.24) is 15.0 Å². The Morgan fingerprint density at radius 2 is 1.93 bits per heavy atom. The predicted molar refractivity (Wildman–Crippen MR) is 101 cm³/mol. The molecule has 0 spiro atoms. The van der Waals surface area contributed by atoms with Crippen LogP contribution < -0.4 is 4.90 Å². The van der Waals surface area contributed by atoms with E-state index in [1.54, 1.807) is 36.7 Å². The first-order chi connectivity index (χ1) is 13.6. The number of alkyl halides is 1. The third-order valence-electron chi connectivity index (χ3n) is 4.22. The van der Waals surface area contributed by atoms with Crippen LogP contribution in [-0.2, 0) is 16.0 Å². The lowest BCUT2D eigenvalue weighted by atomic mass is 10.00. The Balaban J connectivity index is 2.10. The summed E-state index contributed by atoms with van der Waals surface area (Å²) in [5, 5.41) is 0. The van der Waals surface area contributed by atoms with Crippen LogP contribution in [0.2, 0.25) is 0 Å². The maximum atomic E-state index is 15.2. The van der Waals surface area contributed by atoms with Gasteiger partial charge in [-0.2, -0.15) is 0 Å². The summed E-state index contributed by atoms with van der Waals surface area (Å²) >= 11 is 0. The molecule has 0 N–H and O–H groups in total. The first kappa shape index (κ1) is 19.4. The lowest BCUT2D eigenvalue weighted by molar-refractivity contribution is 0.162. The molecule has 7 nitrogen and oxygen atoms in total. The van der Waals surface area contributed by atoms with Gasteiger partial charge < -0.3 is 14.4 Å². The van der Waals surface area contributed by atoms with Crippen molar-refractivity contribution in [2.75, 3.05) is 19.1 Å². The lowest BCUT2D eigenvalue weighted by Crippen LogP contribution is -2.46. The second kappa shape index (κ2) is 8.55. The van der Waals surface area contributed by atoms with E-state index in [0.717, 1.165) is 0 Å². The summed E-state index contributed by atoms with van der Waals surface area (Å²) in [4.78, 5) is 17.8. The number of pyridine rings is 1. The Morgan fingerprint density at radius 3 is 2.57 bits per heavy atom. The molecule has 0 fully saturated rings. The number of methoxy groups -OCH3 is 2. The van der Waals surface area contributed by atoms with Crippen molar-refractivity contribution in [3.63, 3.8) is 0 Å². The molecule has 3 rings (SSSR count). The zero-order chi connectivity index (χ0) is 20.1. The third kappa shape index (κ3) is 3.83. The van der Waals surface area contributed by atoms with Gasteiger partial charge >= 0.3 is 0 Å². The van der Waals surface area contributed by atoms with Gasteiger partial charge in [0, 0.05) is 18.5 Å². The lowest BCUT2D eigenvalue weighted by Gasteiger charge is -2.36. The highest BCUT2D eigenvalue weighted by molar-refractivity contribution is 5.51. The number of hydrogen-bond acceptors (Lipinski definition) is 7. The largest absolute Gasteiger partial charge is 0.498 e. The predicted octanol–water partition coefficient (Wildman–Crippen LogP) is 3.29. The first-order valence-corrected chi connectivity index (χ1v) is 8.38. The minimum absolute atomic E-state index is 0.000924. The van der Waals surface area contributed by atoms with Crippen LogP contribution in [0.1, 0.15) is 5.82 Å². The average molecular weight is 387 g/mol. The summed E-state index contributed by atoms with van der Waals surface area (Å²) in [6, 6.07) is 5.20. The molecule has 0 aliphatic heterocycles. The molecule has 0 radical (unpaired) electrons. The van der Waals surface area contributed by atoms with Crippen molar-refractivity contribution >= 4 is 18.4 Å². The molecule has 0 bridgehead atoms. The molecule has 2 aromatic rings. The van der Waals surface area contributed by atoms with Crippen LogP contribution >= 0.6 is 0 Å². The maximum absolute atomic E-state index is 15.2. The van der Waals surface area contributed by atoms with Crippen LogP contribution in [0, 0.1) is 0 Å². The van der Waals surface area contributed by atoms with Crippen molar-refractivity contribution < 1.29 is 18.3 Å². The van der Waals surface area contributed by atoms with E-state index in [1.807, 2.05) is 0 Å². The number of aromatic nitrogens is 3. The van der Waals surface area contributed by atoms with Crippen LogP contribution in [0.5, 0.6) is 0 Å². The highest BCUT2D eigenvalue weighted by Gasteiger charge is 2.41. The smallest absolute Gasteiger partial charge is 0.184 e. The zero-order valence-electron chi connectivity index (χ0n) is 15.4. The van der Waals surface area contributed by atoms with Crippen LogP contribution in [0.25, 0.3) is 0 Å². The fourth-order valence-corrected chi connectivity index (χ4v) is 2.88. The Labute approximate surface area is 161 Å². The molecule has 0 amide bonds. The van der Waals surface area contributed by atoms with Gasteiger partial charge in [-0.25, -0.2) is 28.7 Å². The molecule has 1 aliphatic carbocycles. The van der Waals surface area contributed by atoms with E-state index in [1.165, 1.54) is 25.2 Å². The molecule has 146 valence electrons. The van der Waals surface area contributed by atoms with E-state index in [9.17, 15) is 0 Å². The van der Waals surface area contributed by atoms with Gasteiger partial charge in [0.1, 0.15) is 23.4 Å². The summed E-state index contributed by atoms with van der Waals surface area (Å²) in [6.45, 7) is 3.45. The number of aliphatic imine (C=N–C) groups is 1. The summed E-state index contributed by atoms with van der Waals surface area (Å²) in [5.74, 6) is 0.0155. The number of rotatable bonds is 7. The van der Waals surface area contributed by atoms with E-state index in [-0.39, 0.29) is 23.9 Å². The zero-order valence-corrected chi connectivity index (χ0v) is 15.4. The molecule has 0 saturated heterocycles. The molecule has 2 unspecified atom stereocenters. The average Bonchev–Trinajstić information content (AvgIpc) is 2.74. The standard InChI is InChI=1S/C19H19F2N5O2/c1-22-14-6-4-7-16(25-14)26(11-15-23-8-5-9-24-15)19-17(20)12(27-2)10-13(28-3)18(19)21/h4-10,17,19H,1,11H2,2-3H3. The molecule has 1 aliphatic rings. The van der Waals surface area contributed by atoms with E-state index in [2.05, 4.69) is 26.7 Å². The molecule has 2 aromatic heterocycles. The number of anilines is 1. The number of halogens is 2. The van der Waals surface area contributed by atoms with Crippen LogP contribution in [-0.4, -0.2) is 48.1 Å². The molecule has 2 atom stereocenters. The molecule has 2 heterocycles. The topological polar surface area (TPSA) is 72.7 Å². The fourth-order valence-electron chi connectivity index (χ4n) is 2.88. The highest BCUT2D eigenvalue weighted by atomic mass is 19.1. The summed E-state index contributed by atoms with van der Waals surface area (Å²) in [5.41, 5.74) is 0. The van der Waals surface area contributed by atoms with Crippen molar-refractivity contribution in [2.45, 2.75) is 18.8 Å². The van der Waals surface area contributed by atoms with Gasteiger partial charge in [-0.3, -0.25) is 0 Å². The van der Waals surface area contributed by atoms with Crippen LogP contribution in [0.3, 0.4) is 0 Å². The Morgan fingerprint density at radius 1 is 1.18 bits per heavy atom. The number of nitrogens with zero attached hydrogens (tertiary/aromatic N) is 5. The Hall–Kier alpha value is -3.36. The molecular formula is C19H19F2N5O2. The summed E-state index contributed by atoms with van der Waals surface area (Å²) < 4.78 is 40.6. The van der Waals surface area contributed by atoms with Crippen molar-refractivity contribution in [1.29, 1.82) is 0 Å². The van der Waals surface area contributed by atoms with Gasteiger partial charge in [0.2, 0.25) is 0 Å². The van der Waals surface area contributed by atoms with Gasteiger partial charge in [0.05, 0.1) is 20.8 Å². The van der Waals surface area contributed by atoms with Gasteiger partial charge in [-0.05, 0) is 24.9 Å². The summed E-state index contributed by atoms with van der Waals surface area (Å²) in [7, 11) is 2.62. The number of ether oxygens (including phenoxy) is 2. The van der Waals surface area contributed by atoms with Crippen molar-refractivity contribution in [2.24, 2.45) is 4.99 Å².